The van der Waals surface area contributed by atoms with Crippen LogP contribution in [0, 0.1) is 0 Å². The first-order valence-corrected chi connectivity index (χ1v) is 8.01. The Morgan fingerprint density at radius 2 is 1.95 bits per heavy atom. The van der Waals surface area contributed by atoms with Crippen LogP contribution in [0.1, 0.15) is 43.7 Å². The lowest BCUT2D eigenvalue weighted by molar-refractivity contribution is 0.310. The van der Waals surface area contributed by atoms with Crippen molar-refractivity contribution >= 4 is 23.1 Å². The smallest absolute Gasteiger partial charge is 0.225 e. The number of nitrogens with one attached hydrogen (secondary N) is 2. The van der Waals surface area contributed by atoms with Gasteiger partial charge in [-0.3, -0.25) is 4.57 Å². The van der Waals surface area contributed by atoms with Crippen LogP contribution < -0.4 is 10.6 Å². The minimum absolute atomic E-state index is 0.0628. The molecular formula is C15H24N6O. The van der Waals surface area contributed by atoms with Crippen LogP contribution in [-0.4, -0.2) is 44.8 Å². The summed E-state index contributed by atoms with van der Waals surface area (Å²) in [6, 6.07) is 0. The minimum atomic E-state index is 0.0628. The molecule has 3 N–H and O–H groups in total. The maximum Gasteiger partial charge on any atom is 0.225 e. The zero-order valence-electron chi connectivity index (χ0n) is 13.3. The first-order chi connectivity index (χ1) is 10.7. The van der Waals surface area contributed by atoms with Gasteiger partial charge in [0.15, 0.2) is 5.65 Å². The zero-order chi connectivity index (χ0) is 15.5. The molecule has 1 aliphatic carbocycles. The Morgan fingerprint density at radius 3 is 2.64 bits per heavy atom. The van der Waals surface area contributed by atoms with Crippen LogP contribution in [-0.2, 0) is 7.05 Å². The second-order valence-corrected chi connectivity index (χ2v) is 5.83. The lowest BCUT2D eigenvalue weighted by atomic mass is 9.86. The summed E-state index contributed by atoms with van der Waals surface area (Å²) in [5.74, 6) is 1.82. The summed E-state index contributed by atoms with van der Waals surface area (Å²) in [4.78, 5) is 14.0. The van der Waals surface area contributed by atoms with Gasteiger partial charge in [0.25, 0.3) is 0 Å². The molecule has 0 aliphatic heterocycles. The summed E-state index contributed by atoms with van der Waals surface area (Å²) in [5.41, 5.74) is 2.77. The molecule has 0 unspecified atom stereocenters. The van der Waals surface area contributed by atoms with Gasteiger partial charge in [-0.05, 0) is 12.8 Å². The van der Waals surface area contributed by atoms with Gasteiger partial charge in [-0.15, -0.1) is 0 Å². The molecule has 1 aliphatic rings. The number of aryl methyl sites for hydroxylation is 1. The fourth-order valence-electron chi connectivity index (χ4n) is 3.21. The zero-order valence-corrected chi connectivity index (χ0v) is 13.3. The maximum absolute atomic E-state index is 9.01. The van der Waals surface area contributed by atoms with E-state index in [9.17, 15) is 0 Å². The van der Waals surface area contributed by atoms with E-state index in [1.165, 1.54) is 19.3 Å². The third-order valence-corrected chi connectivity index (χ3v) is 4.36. The molecule has 2 aromatic rings. The Hall–Kier alpha value is -1.89. The average Bonchev–Trinajstić information content (AvgIpc) is 2.89. The number of anilines is 2. The summed E-state index contributed by atoms with van der Waals surface area (Å²) in [6.07, 6.45) is 6.14. The molecule has 120 valence electrons. The van der Waals surface area contributed by atoms with E-state index in [0.29, 0.717) is 18.4 Å². The highest BCUT2D eigenvalue weighted by Crippen LogP contribution is 2.35. The van der Waals surface area contributed by atoms with Crippen molar-refractivity contribution in [3.63, 3.8) is 0 Å². The topological polar surface area (TPSA) is 87.9 Å². The lowest BCUT2D eigenvalue weighted by Crippen LogP contribution is -2.13. The number of fused-ring (bicyclic) bond motifs is 1. The van der Waals surface area contributed by atoms with Gasteiger partial charge in [-0.25, -0.2) is 9.97 Å². The van der Waals surface area contributed by atoms with Crippen LogP contribution >= 0.6 is 0 Å². The third kappa shape index (κ3) is 2.72. The van der Waals surface area contributed by atoms with Crippen LogP contribution in [0.3, 0.4) is 0 Å². The summed E-state index contributed by atoms with van der Waals surface area (Å²) in [5, 5.41) is 15.2. The molecule has 1 fully saturated rings. The molecule has 22 heavy (non-hydrogen) atoms. The quantitative estimate of drug-likeness (QED) is 0.781. The predicted octanol–water partition coefficient (Wildman–Crippen LogP) is 1.86. The van der Waals surface area contributed by atoms with E-state index in [4.69, 9.17) is 10.1 Å². The molecule has 0 amide bonds. The standard InChI is InChI=1S/C15H24N6O/c1-16-15-19-12-11(10-6-4-3-5-7-10)18-14(17-8-9-22)20-13(12)21(15)2/h10,22H,3-9H2,1-2H3,(H,16,19)(H,17,18,20). The van der Waals surface area contributed by atoms with E-state index in [1.807, 2.05) is 18.7 Å². The maximum atomic E-state index is 9.01. The molecule has 1 saturated carbocycles. The highest BCUT2D eigenvalue weighted by molar-refractivity contribution is 5.78. The number of aromatic nitrogens is 4. The van der Waals surface area contributed by atoms with Crippen molar-refractivity contribution in [3.05, 3.63) is 5.69 Å². The van der Waals surface area contributed by atoms with Gasteiger partial charge in [0.2, 0.25) is 11.9 Å². The van der Waals surface area contributed by atoms with Gasteiger partial charge in [0.1, 0.15) is 5.52 Å². The molecule has 2 heterocycles. The van der Waals surface area contributed by atoms with E-state index in [2.05, 4.69) is 20.6 Å². The van der Waals surface area contributed by atoms with E-state index in [-0.39, 0.29) is 6.61 Å². The molecule has 0 saturated heterocycles. The van der Waals surface area contributed by atoms with Gasteiger partial charge in [-0.2, -0.15) is 4.98 Å². The van der Waals surface area contributed by atoms with Crippen LogP contribution in [0.5, 0.6) is 0 Å². The molecule has 0 radical (unpaired) electrons. The highest BCUT2D eigenvalue weighted by Gasteiger charge is 2.23. The summed E-state index contributed by atoms with van der Waals surface area (Å²) in [6.45, 7) is 0.514. The van der Waals surface area contributed by atoms with E-state index < -0.39 is 0 Å². The number of rotatable bonds is 5. The molecule has 0 aromatic carbocycles. The average molecular weight is 304 g/mol. The van der Waals surface area contributed by atoms with Crippen molar-refractivity contribution in [1.29, 1.82) is 0 Å². The summed E-state index contributed by atoms with van der Waals surface area (Å²) < 4.78 is 1.95. The highest BCUT2D eigenvalue weighted by atomic mass is 16.3. The van der Waals surface area contributed by atoms with Gasteiger partial charge in [-0.1, -0.05) is 19.3 Å². The second-order valence-electron chi connectivity index (χ2n) is 5.83. The van der Waals surface area contributed by atoms with Crippen molar-refractivity contribution in [1.82, 2.24) is 19.5 Å². The minimum Gasteiger partial charge on any atom is -0.395 e. The molecule has 7 heteroatoms. The van der Waals surface area contributed by atoms with Crippen LogP contribution in [0.2, 0.25) is 0 Å². The number of hydrogen-bond donors (Lipinski definition) is 3. The second kappa shape index (κ2) is 6.48. The van der Waals surface area contributed by atoms with Crippen LogP contribution in [0.15, 0.2) is 0 Å². The fraction of sp³-hybridized carbons (Fsp3) is 0.667. The van der Waals surface area contributed by atoms with Crippen molar-refractivity contribution < 1.29 is 5.11 Å². The molecule has 2 aromatic heterocycles. The summed E-state index contributed by atoms with van der Waals surface area (Å²) >= 11 is 0. The molecule has 7 nitrogen and oxygen atoms in total. The Balaban J connectivity index is 2.09. The number of imidazole rings is 1. The van der Waals surface area contributed by atoms with E-state index >= 15 is 0 Å². The number of aliphatic hydroxyl groups excluding tert-OH is 1. The number of aliphatic hydroxyl groups is 1. The van der Waals surface area contributed by atoms with Crippen LogP contribution in [0.25, 0.3) is 11.2 Å². The molecule has 3 rings (SSSR count). The Labute approximate surface area is 130 Å². The monoisotopic (exact) mass is 304 g/mol. The van der Waals surface area contributed by atoms with E-state index in [1.54, 1.807) is 0 Å². The predicted molar refractivity (Wildman–Crippen MR) is 87.3 cm³/mol. The number of nitrogens with zero attached hydrogens (tertiary/aromatic N) is 4. The first kappa shape index (κ1) is 15.0. The van der Waals surface area contributed by atoms with Gasteiger partial charge < -0.3 is 15.7 Å². The van der Waals surface area contributed by atoms with E-state index in [0.717, 1.165) is 35.6 Å². The number of hydrogen-bond acceptors (Lipinski definition) is 6. The van der Waals surface area contributed by atoms with Gasteiger partial charge in [0, 0.05) is 26.6 Å². The Morgan fingerprint density at radius 1 is 1.18 bits per heavy atom. The van der Waals surface area contributed by atoms with Gasteiger partial charge in [0.05, 0.1) is 12.3 Å². The van der Waals surface area contributed by atoms with Crippen molar-refractivity contribution in [2.45, 2.75) is 38.0 Å². The molecule has 0 atom stereocenters. The van der Waals surface area contributed by atoms with Crippen molar-refractivity contribution in [3.8, 4) is 0 Å². The third-order valence-electron chi connectivity index (χ3n) is 4.36. The SMILES string of the molecule is CNc1nc2c(C3CCCCC3)nc(NCCO)nc2n1C. The molecule has 0 bridgehead atoms. The first-order valence-electron chi connectivity index (χ1n) is 8.01. The normalized spacial score (nSPS) is 16.1. The lowest BCUT2D eigenvalue weighted by Gasteiger charge is -2.21. The largest absolute Gasteiger partial charge is 0.395 e. The fourth-order valence-corrected chi connectivity index (χ4v) is 3.21. The Kier molecular flexibility index (Phi) is 4.42. The summed E-state index contributed by atoms with van der Waals surface area (Å²) in [7, 11) is 3.81. The van der Waals surface area contributed by atoms with Crippen LogP contribution in [0.4, 0.5) is 11.9 Å². The Bertz CT molecular complexity index is 647. The molecule has 0 spiro atoms. The van der Waals surface area contributed by atoms with Crippen molar-refractivity contribution in [2.24, 2.45) is 7.05 Å². The van der Waals surface area contributed by atoms with Gasteiger partial charge >= 0.3 is 0 Å². The van der Waals surface area contributed by atoms with Crippen molar-refractivity contribution in [2.75, 3.05) is 30.8 Å². The molecular weight excluding hydrogens is 280 g/mol.